The minimum Gasteiger partial charge on any atom is -0.508 e. The molecule has 0 unspecified atom stereocenters. The van der Waals surface area contributed by atoms with E-state index < -0.39 is 30.1 Å². The van der Waals surface area contributed by atoms with Gasteiger partial charge in [0.2, 0.25) is 0 Å². The van der Waals surface area contributed by atoms with Crippen molar-refractivity contribution in [1.82, 2.24) is 10.2 Å². The Kier molecular flexibility index (Phi) is 10.2. The lowest BCUT2D eigenvalue weighted by Crippen LogP contribution is -2.51. The molecule has 1 fully saturated rings. The van der Waals surface area contributed by atoms with Crippen molar-refractivity contribution in [2.24, 2.45) is 0 Å². The third-order valence-corrected chi connectivity index (χ3v) is 7.41. The Morgan fingerprint density at radius 3 is 2.00 bits per heavy atom. The van der Waals surface area contributed by atoms with Crippen molar-refractivity contribution < 1.29 is 38.8 Å². The molecule has 1 heterocycles. The Morgan fingerprint density at radius 2 is 1.38 bits per heavy atom. The number of ether oxygens (including phenoxy) is 3. The molecule has 0 saturated carbocycles. The highest BCUT2D eigenvalue weighted by atomic mass is 16.5. The van der Waals surface area contributed by atoms with E-state index in [0.717, 1.165) is 11.1 Å². The van der Waals surface area contributed by atoms with Gasteiger partial charge in [0.1, 0.15) is 25.1 Å². The maximum Gasteiger partial charge on any atom is 0.407 e. The molecule has 0 aliphatic carbocycles. The number of benzene rings is 4. The largest absolute Gasteiger partial charge is 0.508 e. The zero-order valence-corrected chi connectivity index (χ0v) is 24.5. The molecule has 3 N–H and O–H groups in total. The highest BCUT2D eigenvalue weighted by molar-refractivity contribution is 5.94. The molecule has 2 atom stereocenters. The number of phenolic OH excluding ortho intramolecular Hbond substituents is 1. The van der Waals surface area contributed by atoms with Crippen molar-refractivity contribution in [3.05, 3.63) is 125 Å². The summed E-state index contributed by atoms with van der Waals surface area (Å²) in [5.74, 6) is -0.304. The first-order valence-corrected chi connectivity index (χ1v) is 14.6. The van der Waals surface area contributed by atoms with Gasteiger partial charge in [0.25, 0.3) is 5.91 Å². The summed E-state index contributed by atoms with van der Waals surface area (Å²) in [6, 6.07) is 28.9. The van der Waals surface area contributed by atoms with E-state index in [0.29, 0.717) is 30.9 Å². The third-order valence-electron chi connectivity index (χ3n) is 7.41. The summed E-state index contributed by atoms with van der Waals surface area (Å²) in [5.41, 5.74) is 2.40. The van der Waals surface area contributed by atoms with Crippen molar-refractivity contribution >= 4 is 18.0 Å². The number of likely N-dealkylation sites (tertiary alicyclic amines) is 1. The number of esters is 1. The summed E-state index contributed by atoms with van der Waals surface area (Å²) in [6.07, 6.45) is -1.15. The van der Waals surface area contributed by atoms with Crippen LogP contribution in [0, 0.1) is 0 Å². The van der Waals surface area contributed by atoms with Crippen LogP contribution in [0.4, 0.5) is 4.79 Å². The predicted molar refractivity (Wildman–Crippen MR) is 165 cm³/mol. The van der Waals surface area contributed by atoms with Crippen LogP contribution in [0.5, 0.6) is 17.2 Å². The van der Waals surface area contributed by atoms with Crippen LogP contribution in [0.25, 0.3) is 0 Å². The topological polar surface area (TPSA) is 135 Å². The monoisotopic (exact) mass is 610 g/mol. The molecule has 4 aromatic carbocycles. The molecule has 1 aliphatic heterocycles. The fourth-order valence-corrected chi connectivity index (χ4v) is 4.99. The summed E-state index contributed by atoms with van der Waals surface area (Å²) >= 11 is 0. The number of hydrogen-bond donors (Lipinski definition) is 3. The van der Waals surface area contributed by atoms with Gasteiger partial charge < -0.3 is 34.6 Å². The van der Waals surface area contributed by atoms with Gasteiger partial charge in [0.15, 0.2) is 11.5 Å². The number of carbonyl (C=O) groups excluding carboxylic acids is 2. The number of amides is 2. The quantitative estimate of drug-likeness (QED) is 0.196. The summed E-state index contributed by atoms with van der Waals surface area (Å²) in [5, 5.41) is 22.1. The van der Waals surface area contributed by atoms with E-state index in [9.17, 15) is 24.6 Å². The molecular weight excluding hydrogens is 576 g/mol. The lowest BCUT2D eigenvalue weighted by atomic mass is 10.1. The van der Waals surface area contributed by atoms with Crippen molar-refractivity contribution in [2.75, 3.05) is 13.1 Å². The lowest BCUT2D eigenvalue weighted by molar-refractivity contribution is 0.0178. The van der Waals surface area contributed by atoms with Crippen LogP contribution < -0.4 is 14.8 Å². The normalized spacial score (nSPS) is 16.2. The number of aromatic hydroxyl groups is 1. The molecule has 45 heavy (non-hydrogen) atoms. The standard InChI is InChI=1S/C35H34N2O8/c38-28-16-13-26(14-17-28)33(39)36-29-21-37(35(41)42)19-7-12-30(29)45-34(40)27-15-18-31(43-22-24-8-3-1-4-9-24)32(20-27)44-23-25-10-5-2-6-11-25/h1-6,8-11,13-18,20,29-30,38H,7,12,19,21-23H2,(H,36,39)(H,41,42)/t29-,30-/m1/s1. The van der Waals surface area contributed by atoms with Gasteiger partial charge >= 0.3 is 12.1 Å². The van der Waals surface area contributed by atoms with E-state index in [1.54, 1.807) is 18.2 Å². The second-order valence-corrected chi connectivity index (χ2v) is 10.7. The fraction of sp³-hybridized carbons (Fsp3) is 0.229. The molecule has 232 valence electrons. The molecule has 2 amide bonds. The Labute approximate surface area is 260 Å². The molecular formula is C35H34N2O8. The zero-order chi connectivity index (χ0) is 31.6. The third kappa shape index (κ3) is 8.54. The maximum absolute atomic E-state index is 13.5. The van der Waals surface area contributed by atoms with E-state index in [1.807, 2.05) is 60.7 Å². The molecule has 0 bridgehead atoms. The van der Waals surface area contributed by atoms with Gasteiger partial charge in [-0.15, -0.1) is 0 Å². The minimum absolute atomic E-state index is 0.00785. The van der Waals surface area contributed by atoms with Gasteiger partial charge in [-0.3, -0.25) is 4.79 Å². The number of rotatable bonds is 10. The summed E-state index contributed by atoms with van der Waals surface area (Å²) < 4.78 is 18.1. The minimum atomic E-state index is -1.13. The predicted octanol–water partition coefficient (Wildman–Crippen LogP) is 5.65. The van der Waals surface area contributed by atoms with Gasteiger partial charge in [-0.05, 0) is 66.4 Å². The van der Waals surface area contributed by atoms with Crippen LogP contribution in [-0.2, 0) is 18.0 Å². The average molecular weight is 611 g/mol. The molecule has 5 rings (SSSR count). The molecule has 1 saturated heterocycles. The van der Waals surface area contributed by atoms with Crippen LogP contribution in [0.3, 0.4) is 0 Å². The zero-order valence-electron chi connectivity index (χ0n) is 24.5. The summed E-state index contributed by atoms with van der Waals surface area (Å²) in [6.45, 7) is 0.728. The fourth-order valence-electron chi connectivity index (χ4n) is 4.99. The van der Waals surface area contributed by atoms with Crippen molar-refractivity contribution in [3.63, 3.8) is 0 Å². The molecule has 1 aliphatic rings. The molecule has 4 aromatic rings. The van der Waals surface area contributed by atoms with Crippen LogP contribution in [0.1, 0.15) is 44.7 Å². The number of carboxylic acid groups (broad SMARTS) is 1. The number of carbonyl (C=O) groups is 3. The summed E-state index contributed by atoms with van der Waals surface area (Å²) in [7, 11) is 0. The maximum atomic E-state index is 13.5. The Hall–Kier alpha value is -5.51. The first-order valence-electron chi connectivity index (χ1n) is 14.6. The average Bonchev–Trinajstić information content (AvgIpc) is 3.26. The van der Waals surface area contributed by atoms with Gasteiger partial charge in [-0.1, -0.05) is 60.7 Å². The Morgan fingerprint density at radius 1 is 0.778 bits per heavy atom. The van der Waals surface area contributed by atoms with Crippen molar-refractivity contribution in [1.29, 1.82) is 0 Å². The molecule has 10 heteroatoms. The SMILES string of the molecule is O=C(N[C@@H]1CN(C(=O)O)CCC[C@H]1OC(=O)c1ccc(OCc2ccccc2)c(OCc2ccccc2)c1)c1ccc(O)cc1. The van der Waals surface area contributed by atoms with Crippen LogP contribution in [0.15, 0.2) is 103 Å². The molecule has 0 spiro atoms. The highest BCUT2D eigenvalue weighted by Gasteiger charge is 2.33. The first-order chi connectivity index (χ1) is 21.9. The van der Waals surface area contributed by atoms with Crippen LogP contribution >= 0.6 is 0 Å². The van der Waals surface area contributed by atoms with Gasteiger partial charge in [0.05, 0.1) is 11.6 Å². The Balaban J connectivity index is 1.34. The highest BCUT2D eigenvalue weighted by Crippen LogP contribution is 2.31. The smallest absolute Gasteiger partial charge is 0.407 e. The second-order valence-electron chi connectivity index (χ2n) is 10.7. The lowest BCUT2D eigenvalue weighted by Gasteiger charge is -2.28. The molecule has 0 aromatic heterocycles. The van der Waals surface area contributed by atoms with Gasteiger partial charge in [-0.2, -0.15) is 0 Å². The van der Waals surface area contributed by atoms with E-state index in [1.165, 1.54) is 29.2 Å². The van der Waals surface area contributed by atoms with E-state index in [-0.39, 0.29) is 36.6 Å². The summed E-state index contributed by atoms with van der Waals surface area (Å²) in [4.78, 5) is 39.6. The second kappa shape index (κ2) is 14.8. The Bertz CT molecular complexity index is 1600. The number of hydrogen-bond acceptors (Lipinski definition) is 7. The van der Waals surface area contributed by atoms with E-state index in [2.05, 4.69) is 5.32 Å². The van der Waals surface area contributed by atoms with Gasteiger partial charge in [-0.25, -0.2) is 9.59 Å². The van der Waals surface area contributed by atoms with E-state index in [4.69, 9.17) is 14.2 Å². The number of nitrogens with one attached hydrogen (secondary N) is 1. The molecule has 0 radical (unpaired) electrons. The van der Waals surface area contributed by atoms with Crippen LogP contribution in [0.2, 0.25) is 0 Å². The number of phenols is 1. The van der Waals surface area contributed by atoms with Crippen molar-refractivity contribution in [2.45, 2.75) is 38.2 Å². The van der Waals surface area contributed by atoms with Crippen LogP contribution in [-0.4, -0.2) is 58.3 Å². The van der Waals surface area contributed by atoms with Crippen molar-refractivity contribution in [3.8, 4) is 17.2 Å². The van der Waals surface area contributed by atoms with E-state index >= 15 is 0 Å². The number of nitrogens with zero attached hydrogens (tertiary/aromatic N) is 1. The molecule has 10 nitrogen and oxygen atoms in total. The first kappa shape index (κ1) is 30.9. The van der Waals surface area contributed by atoms with Gasteiger partial charge in [0, 0.05) is 18.7 Å².